The zero-order valence-corrected chi connectivity index (χ0v) is 9.87. The predicted molar refractivity (Wildman–Crippen MR) is 64.3 cm³/mol. The van der Waals surface area contributed by atoms with Crippen LogP contribution in [-0.4, -0.2) is 5.11 Å². The summed E-state index contributed by atoms with van der Waals surface area (Å²) in [5.41, 5.74) is 4.80. The molecule has 0 bridgehead atoms. The van der Waals surface area contributed by atoms with Gasteiger partial charge < -0.3 is 9.52 Å². The second kappa shape index (κ2) is 4.14. The van der Waals surface area contributed by atoms with Crippen LogP contribution in [0.3, 0.4) is 0 Å². The molecular weight excluding hydrogens is 200 g/mol. The zero-order valence-electron chi connectivity index (χ0n) is 9.87. The molecule has 2 aromatic rings. The molecule has 2 nitrogen and oxygen atoms in total. The second-order valence-electron chi connectivity index (χ2n) is 4.20. The molecular formula is C14H16O2. The van der Waals surface area contributed by atoms with Crippen molar-refractivity contribution in [1.82, 2.24) is 0 Å². The van der Waals surface area contributed by atoms with Crippen LogP contribution in [0, 0.1) is 20.8 Å². The van der Waals surface area contributed by atoms with Gasteiger partial charge in [0.05, 0.1) is 0 Å². The van der Waals surface area contributed by atoms with Gasteiger partial charge >= 0.3 is 0 Å². The highest BCUT2D eigenvalue weighted by molar-refractivity contribution is 5.67. The molecule has 2 rings (SSSR count). The fourth-order valence-electron chi connectivity index (χ4n) is 2.17. The molecule has 0 amide bonds. The fourth-order valence-corrected chi connectivity index (χ4v) is 2.17. The highest BCUT2D eigenvalue weighted by Gasteiger charge is 2.10. The number of hydrogen-bond donors (Lipinski definition) is 1. The minimum absolute atomic E-state index is 0.0516. The first kappa shape index (κ1) is 11.0. The summed E-state index contributed by atoms with van der Waals surface area (Å²) in [6.45, 7) is 6.20. The van der Waals surface area contributed by atoms with E-state index in [2.05, 4.69) is 32.9 Å². The highest BCUT2D eigenvalue weighted by Crippen LogP contribution is 2.29. The lowest BCUT2D eigenvalue weighted by Crippen LogP contribution is -1.88. The van der Waals surface area contributed by atoms with Gasteiger partial charge in [-0.15, -0.1) is 0 Å². The molecule has 0 radical (unpaired) electrons. The summed E-state index contributed by atoms with van der Waals surface area (Å²) in [4.78, 5) is 0. The Morgan fingerprint density at radius 1 is 1.06 bits per heavy atom. The summed E-state index contributed by atoms with van der Waals surface area (Å²) >= 11 is 0. The van der Waals surface area contributed by atoms with Crippen molar-refractivity contribution in [3.8, 4) is 11.3 Å². The van der Waals surface area contributed by atoms with Crippen molar-refractivity contribution in [1.29, 1.82) is 0 Å². The molecule has 0 aliphatic rings. The van der Waals surface area contributed by atoms with E-state index in [0.29, 0.717) is 5.76 Å². The Balaban J connectivity index is 2.55. The van der Waals surface area contributed by atoms with Gasteiger partial charge in [-0.1, -0.05) is 17.7 Å². The number of aliphatic hydroxyl groups is 1. The summed E-state index contributed by atoms with van der Waals surface area (Å²) in [6.07, 6.45) is 0. The molecule has 1 aromatic heterocycles. The Morgan fingerprint density at radius 3 is 2.19 bits per heavy atom. The van der Waals surface area contributed by atoms with E-state index in [1.54, 1.807) is 0 Å². The van der Waals surface area contributed by atoms with Gasteiger partial charge in [-0.3, -0.25) is 0 Å². The smallest absolute Gasteiger partial charge is 0.134 e. The Labute approximate surface area is 95.5 Å². The van der Waals surface area contributed by atoms with Crippen LogP contribution < -0.4 is 0 Å². The second-order valence-corrected chi connectivity index (χ2v) is 4.20. The lowest BCUT2D eigenvalue weighted by molar-refractivity contribution is 0.248. The van der Waals surface area contributed by atoms with Gasteiger partial charge in [0, 0.05) is 5.56 Å². The van der Waals surface area contributed by atoms with Crippen molar-refractivity contribution in [2.75, 3.05) is 0 Å². The molecule has 1 aromatic carbocycles. The molecule has 1 heterocycles. The van der Waals surface area contributed by atoms with Gasteiger partial charge in [0.1, 0.15) is 18.1 Å². The Kier molecular flexibility index (Phi) is 2.84. The van der Waals surface area contributed by atoms with E-state index in [0.717, 1.165) is 11.3 Å². The molecule has 0 saturated carbocycles. The van der Waals surface area contributed by atoms with Crippen LogP contribution in [0.1, 0.15) is 22.5 Å². The lowest BCUT2D eigenvalue weighted by Gasteiger charge is -2.08. The summed E-state index contributed by atoms with van der Waals surface area (Å²) in [6, 6.07) is 8.01. The molecule has 0 aliphatic heterocycles. The topological polar surface area (TPSA) is 33.4 Å². The average Bonchev–Trinajstić information content (AvgIpc) is 2.64. The minimum atomic E-state index is -0.0516. The van der Waals surface area contributed by atoms with Crippen molar-refractivity contribution < 1.29 is 9.52 Å². The standard InChI is InChI=1S/C14H16O2/c1-9-6-10(2)14(11(3)7-9)13-5-4-12(8-15)16-13/h4-7,15H,8H2,1-3H3. The molecule has 0 unspecified atom stereocenters. The first-order chi connectivity index (χ1) is 7.61. The van der Waals surface area contributed by atoms with Crippen molar-refractivity contribution >= 4 is 0 Å². The summed E-state index contributed by atoms with van der Waals surface area (Å²) in [7, 11) is 0. The average molecular weight is 216 g/mol. The molecule has 2 heteroatoms. The largest absolute Gasteiger partial charge is 0.459 e. The van der Waals surface area contributed by atoms with Gasteiger partial charge in [0.25, 0.3) is 0 Å². The van der Waals surface area contributed by atoms with E-state index in [-0.39, 0.29) is 6.61 Å². The van der Waals surface area contributed by atoms with E-state index in [4.69, 9.17) is 9.52 Å². The third-order valence-corrected chi connectivity index (χ3v) is 2.74. The molecule has 1 N–H and O–H groups in total. The molecule has 0 spiro atoms. The normalized spacial score (nSPS) is 10.8. The summed E-state index contributed by atoms with van der Waals surface area (Å²) in [5.74, 6) is 1.44. The monoisotopic (exact) mass is 216 g/mol. The van der Waals surface area contributed by atoms with E-state index in [1.807, 2.05) is 12.1 Å². The lowest BCUT2D eigenvalue weighted by atomic mass is 9.98. The van der Waals surface area contributed by atoms with Gasteiger partial charge in [0.15, 0.2) is 0 Å². The Morgan fingerprint density at radius 2 is 1.69 bits per heavy atom. The van der Waals surface area contributed by atoms with Gasteiger partial charge in [0.2, 0.25) is 0 Å². The SMILES string of the molecule is Cc1cc(C)c(-c2ccc(CO)o2)c(C)c1. The quantitative estimate of drug-likeness (QED) is 0.835. The van der Waals surface area contributed by atoms with Crippen molar-refractivity contribution in [2.45, 2.75) is 27.4 Å². The molecule has 0 saturated heterocycles. The Hall–Kier alpha value is -1.54. The maximum absolute atomic E-state index is 8.99. The number of aryl methyl sites for hydroxylation is 3. The van der Waals surface area contributed by atoms with Crippen molar-refractivity contribution in [2.24, 2.45) is 0 Å². The molecule has 0 fully saturated rings. The van der Waals surface area contributed by atoms with E-state index in [9.17, 15) is 0 Å². The van der Waals surface area contributed by atoms with Crippen LogP contribution in [0.25, 0.3) is 11.3 Å². The van der Waals surface area contributed by atoms with Crippen LogP contribution in [0.5, 0.6) is 0 Å². The molecule has 0 atom stereocenters. The first-order valence-corrected chi connectivity index (χ1v) is 5.39. The first-order valence-electron chi connectivity index (χ1n) is 5.39. The van der Waals surface area contributed by atoms with Crippen LogP contribution in [-0.2, 0) is 6.61 Å². The third-order valence-electron chi connectivity index (χ3n) is 2.74. The van der Waals surface area contributed by atoms with Gasteiger partial charge in [-0.25, -0.2) is 0 Å². The van der Waals surface area contributed by atoms with Crippen molar-refractivity contribution in [3.05, 3.63) is 46.7 Å². The number of aliphatic hydroxyl groups excluding tert-OH is 1. The molecule has 0 aliphatic carbocycles. The molecule has 16 heavy (non-hydrogen) atoms. The number of benzene rings is 1. The van der Waals surface area contributed by atoms with Crippen LogP contribution in [0.4, 0.5) is 0 Å². The van der Waals surface area contributed by atoms with Crippen molar-refractivity contribution in [3.63, 3.8) is 0 Å². The number of hydrogen-bond acceptors (Lipinski definition) is 2. The number of rotatable bonds is 2. The third kappa shape index (κ3) is 1.89. The van der Waals surface area contributed by atoms with E-state index >= 15 is 0 Å². The van der Waals surface area contributed by atoms with E-state index in [1.165, 1.54) is 16.7 Å². The van der Waals surface area contributed by atoms with Crippen LogP contribution in [0.2, 0.25) is 0 Å². The molecule has 84 valence electrons. The number of furan rings is 1. The van der Waals surface area contributed by atoms with Crippen LogP contribution in [0.15, 0.2) is 28.7 Å². The zero-order chi connectivity index (χ0) is 11.7. The maximum atomic E-state index is 8.99. The highest BCUT2D eigenvalue weighted by atomic mass is 16.4. The minimum Gasteiger partial charge on any atom is -0.459 e. The predicted octanol–water partition coefficient (Wildman–Crippen LogP) is 3.36. The maximum Gasteiger partial charge on any atom is 0.134 e. The van der Waals surface area contributed by atoms with Gasteiger partial charge in [-0.05, 0) is 44.0 Å². The van der Waals surface area contributed by atoms with Gasteiger partial charge in [-0.2, -0.15) is 0 Å². The van der Waals surface area contributed by atoms with E-state index < -0.39 is 0 Å². The fraction of sp³-hybridized carbons (Fsp3) is 0.286. The van der Waals surface area contributed by atoms with Crippen LogP contribution >= 0.6 is 0 Å². The summed E-state index contributed by atoms with van der Waals surface area (Å²) < 4.78 is 5.57. The Bertz CT molecular complexity index is 486. The summed E-state index contributed by atoms with van der Waals surface area (Å²) in [5, 5.41) is 8.99.